The van der Waals surface area contributed by atoms with Crippen LogP contribution in [0.3, 0.4) is 0 Å². The van der Waals surface area contributed by atoms with Gasteiger partial charge in [-0.25, -0.2) is 4.79 Å². The van der Waals surface area contributed by atoms with Crippen molar-refractivity contribution in [2.45, 2.75) is 0 Å². The van der Waals surface area contributed by atoms with Crippen LogP contribution in [0.5, 0.6) is 17.2 Å². The van der Waals surface area contributed by atoms with E-state index in [1.807, 2.05) is 24.3 Å². The van der Waals surface area contributed by atoms with E-state index in [4.69, 9.17) is 14.2 Å². The minimum Gasteiger partial charge on any atom is -0.497 e. The summed E-state index contributed by atoms with van der Waals surface area (Å²) in [6, 6.07) is 18.8. The fourth-order valence-electron chi connectivity index (χ4n) is 2.83. The molecule has 144 valence electrons. The normalized spacial score (nSPS) is 13.7. The van der Waals surface area contributed by atoms with E-state index in [1.165, 1.54) is 6.07 Å². The summed E-state index contributed by atoms with van der Waals surface area (Å²) in [5, 5.41) is 0. The molecule has 0 unspecified atom stereocenters. The molecule has 1 aliphatic rings. The number of carbonyl (C=O) groups is 2. The molecule has 0 spiro atoms. The highest BCUT2D eigenvalue weighted by atomic mass is 79.9. The van der Waals surface area contributed by atoms with Crippen molar-refractivity contribution in [3.63, 3.8) is 0 Å². The van der Waals surface area contributed by atoms with Crippen LogP contribution in [0.4, 0.5) is 0 Å². The van der Waals surface area contributed by atoms with Crippen LogP contribution in [0.2, 0.25) is 0 Å². The van der Waals surface area contributed by atoms with Gasteiger partial charge in [0, 0.05) is 10.5 Å². The number of allylic oxidation sites excluding steroid dienone is 1. The van der Waals surface area contributed by atoms with Crippen molar-refractivity contribution < 1.29 is 23.8 Å². The number of carbonyl (C=O) groups excluding carboxylic acids is 2. The lowest BCUT2D eigenvalue weighted by molar-refractivity contribution is 0.0734. The summed E-state index contributed by atoms with van der Waals surface area (Å²) in [7, 11) is 1.55. The van der Waals surface area contributed by atoms with Crippen LogP contribution in [0.25, 0.3) is 6.08 Å². The van der Waals surface area contributed by atoms with Crippen molar-refractivity contribution in [3.05, 3.63) is 93.7 Å². The maximum atomic E-state index is 12.6. The summed E-state index contributed by atoms with van der Waals surface area (Å²) in [5.74, 6) is 0.802. The van der Waals surface area contributed by atoms with Gasteiger partial charge in [-0.1, -0.05) is 28.1 Å². The highest BCUT2D eigenvalue weighted by molar-refractivity contribution is 9.10. The van der Waals surface area contributed by atoms with Crippen LogP contribution in [0.15, 0.2) is 77.0 Å². The smallest absolute Gasteiger partial charge is 0.343 e. The fourth-order valence-corrected chi connectivity index (χ4v) is 3.10. The van der Waals surface area contributed by atoms with Gasteiger partial charge in [-0.3, -0.25) is 4.79 Å². The zero-order chi connectivity index (χ0) is 20.4. The first-order valence-corrected chi connectivity index (χ1v) is 9.53. The molecule has 0 bridgehead atoms. The second-order valence-corrected chi connectivity index (χ2v) is 7.18. The van der Waals surface area contributed by atoms with E-state index in [0.29, 0.717) is 28.4 Å². The lowest BCUT2D eigenvalue weighted by Gasteiger charge is -2.06. The molecule has 0 aliphatic carbocycles. The van der Waals surface area contributed by atoms with E-state index in [0.717, 1.165) is 10.0 Å². The molecule has 6 heteroatoms. The largest absolute Gasteiger partial charge is 0.497 e. The first kappa shape index (κ1) is 19.0. The van der Waals surface area contributed by atoms with Gasteiger partial charge in [-0.2, -0.15) is 0 Å². The lowest BCUT2D eigenvalue weighted by Crippen LogP contribution is -2.08. The predicted molar refractivity (Wildman–Crippen MR) is 111 cm³/mol. The third-order valence-electron chi connectivity index (χ3n) is 4.35. The Kier molecular flexibility index (Phi) is 5.18. The number of benzene rings is 3. The van der Waals surface area contributed by atoms with E-state index in [2.05, 4.69) is 15.9 Å². The Balaban J connectivity index is 1.52. The second-order valence-electron chi connectivity index (χ2n) is 6.27. The molecule has 0 atom stereocenters. The summed E-state index contributed by atoms with van der Waals surface area (Å²) in [6.07, 6.45) is 1.68. The Bertz CT molecular complexity index is 1120. The van der Waals surface area contributed by atoms with E-state index in [1.54, 1.807) is 49.6 Å². The number of halogens is 1. The van der Waals surface area contributed by atoms with Gasteiger partial charge in [0.25, 0.3) is 0 Å². The summed E-state index contributed by atoms with van der Waals surface area (Å²) in [4.78, 5) is 24.9. The lowest BCUT2D eigenvalue weighted by atomic mass is 10.1. The van der Waals surface area contributed by atoms with Crippen LogP contribution in [-0.2, 0) is 0 Å². The van der Waals surface area contributed by atoms with Crippen molar-refractivity contribution in [2.24, 2.45) is 0 Å². The average Bonchev–Trinajstić information content (AvgIpc) is 3.04. The molecule has 0 N–H and O–H groups in total. The highest BCUT2D eigenvalue weighted by Crippen LogP contribution is 2.35. The van der Waals surface area contributed by atoms with Gasteiger partial charge in [-0.15, -0.1) is 0 Å². The Labute approximate surface area is 175 Å². The molecule has 3 aromatic rings. The Morgan fingerprint density at radius 1 is 0.966 bits per heavy atom. The van der Waals surface area contributed by atoms with Gasteiger partial charge in [-0.05, 0) is 60.2 Å². The Morgan fingerprint density at radius 2 is 1.66 bits per heavy atom. The summed E-state index contributed by atoms with van der Waals surface area (Å²) < 4.78 is 17.1. The summed E-state index contributed by atoms with van der Waals surface area (Å²) >= 11 is 3.38. The minimum atomic E-state index is -0.512. The van der Waals surface area contributed by atoms with Gasteiger partial charge < -0.3 is 14.2 Å². The van der Waals surface area contributed by atoms with Gasteiger partial charge in [0.15, 0.2) is 5.76 Å². The molecule has 5 nitrogen and oxygen atoms in total. The quantitative estimate of drug-likeness (QED) is 0.306. The molecule has 3 aromatic carbocycles. The number of fused-ring (bicyclic) bond motifs is 1. The fraction of sp³-hybridized carbons (Fsp3) is 0.0435. The zero-order valence-electron chi connectivity index (χ0n) is 15.3. The van der Waals surface area contributed by atoms with Crippen molar-refractivity contribution >= 4 is 33.8 Å². The number of rotatable bonds is 4. The van der Waals surface area contributed by atoms with Gasteiger partial charge in [0.05, 0.1) is 18.2 Å². The zero-order valence-corrected chi connectivity index (χ0v) is 16.9. The van der Waals surface area contributed by atoms with E-state index in [-0.39, 0.29) is 11.5 Å². The SMILES string of the molecule is COc1ccc(C(=O)Oc2ccc3c(c2)OC(=Cc2ccc(Br)cc2)C3=O)cc1. The molecular weight excluding hydrogens is 436 g/mol. The van der Waals surface area contributed by atoms with E-state index in [9.17, 15) is 9.59 Å². The molecule has 0 saturated heterocycles. The first-order chi connectivity index (χ1) is 14.0. The van der Waals surface area contributed by atoms with Gasteiger partial charge >= 0.3 is 5.97 Å². The van der Waals surface area contributed by atoms with E-state index >= 15 is 0 Å². The van der Waals surface area contributed by atoms with Crippen LogP contribution in [0.1, 0.15) is 26.3 Å². The number of Topliss-reactive ketones (excluding diaryl/α,β-unsaturated/α-hetero) is 1. The van der Waals surface area contributed by atoms with Crippen molar-refractivity contribution in [1.82, 2.24) is 0 Å². The van der Waals surface area contributed by atoms with Crippen molar-refractivity contribution in [3.8, 4) is 17.2 Å². The van der Waals surface area contributed by atoms with Crippen molar-refractivity contribution in [1.29, 1.82) is 0 Å². The third kappa shape index (κ3) is 4.07. The standard InChI is InChI=1S/C23H15BrO5/c1-27-17-8-4-15(5-9-17)23(26)28-18-10-11-19-20(13-18)29-21(22(19)25)12-14-2-6-16(24)7-3-14/h2-13H,1H3. The number of hydrogen-bond donors (Lipinski definition) is 0. The third-order valence-corrected chi connectivity index (χ3v) is 4.87. The Morgan fingerprint density at radius 3 is 2.34 bits per heavy atom. The van der Waals surface area contributed by atoms with Gasteiger partial charge in [0.2, 0.25) is 5.78 Å². The topological polar surface area (TPSA) is 61.8 Å². The first-order valence-electron chi connectivity index (χ1n) is 8.73. The Hall–Kier alpha value is -3.38. The molecule has 0 saturated carbocycles. The number of ketones is 1. The molecule has 1 heterocycles. The summed E-state index contributed by atoms with van der Waals surface area (Å²) in [6.45, 7) is 0. The summed E-state index contributed by atoms with van der Waals surface area (Å²) in [5.41, 5.74) is 1.66. The number of hydrogen-bond acceptors (Lipinski definition) is 5. The van der Waals surface area contributed by atoms with Crippen LogP contribution in [0, 0.1) is 0 Å². The maximum Gasteiger partial charge on any atom is 0.343 e. The molecular formula is C23H15BrO5. The predicted octanol–water partition coefficient (Wildman–Crippen LogP) is 5.29. The molecule has 4 rings (SSSR count). The molecule has 0 amide bonds. The van der Waals surface area contributed by atoms with Crippen molar-refractivity contribution in [2.75, 3.05) is 7.11 Å². The highest BCUT2D eigenvalue weighted by Gasteiger charge is 2.28. The molecule has 29 heavy (non-hydrogen) atoms. The number of esters is 1. The second kappa shape index (κ2) is 7.93. The van der Waals surface area contributed by atoms with Crippen LogP contribution in [-0.4, -0.2) is 18.9 Å². The molecule has 1 aliphatic heterocycles. The molecule has 0 fully saturated rings. The molecule has 0 radical (unpaired) electrons. The van der Waals surface area contributed by atoms with Gasteiger partial charge in [0.1, 0.15) is 17.2 Å². The average molecular weight is 451 g/mol. The number of ether oxygens (including phenoxy) is 3. The number of methoxy groups -OCH3 is 1. The minimum absolute atomic E-state index is 0.212. The monoisotopic (exact) mass is 450 g/mol. The van der Waals surface area contributed by atoms with Crippen LogP contribution < -0.4 is 14.2 Å². The van der Waals surface area contributed by atoms with Crippen LogP contribution >= 0.6 is 15.9 Å². The molecule has 0 aromatic heterocycles. The van der Waals surface area contributed by atoms with E-state index < -0.39 is 5.97 Å². The maximum absolute atomic E-state index is 12.6.